The van der Waals surface area contributed by atoms with E-state index in [9.17, 15) is 25.2 Å². The number of aryl methyl sites for hydroxylation is 1. The maximum absolute atomic E-state index is 15.4. The number of allylic oxidation sites excluding steroid dienone is 3. The number of phenols is 1. The second-order valence-electron chi connectivity index (χ2n) is 21.5. The third kappa shape index (κ3) is 7.21. The maximum atomic E-state index is 15.4. The van der Waals surface area contributed by atoms with Gasteiger partial charge in [0.05, 0.1) is 55.2 Å². The number of ether oxygens (including phenoxy) is 5. The number of ketones is 1. The summed E-state index contributed by atoms with van der Waals surface area (Å²) in [5.41, 5.74) is 6.34. The predicted octanol–water partition coefficient (Wildman–Crippen LogP) is 6.54. The molecule has 14 heteroatoms. The van der Waals surface area contributed by atoms with Crippen molar-refractivity contribution < 1.29 is 53.7 Å². The molecule has 9 unspecified atom stereocenters. The molecule has 1 amide bonds. The Morgan fingerprint density at radius 3 is 2.75 bits per heavy atom. The third-order valence-corrected chi connectivity index (χ3v) is 17.6. The first-order valence-corrected chi connectivity index (χ1v) is 26.1. The lowest BCUT2D eigenvalue weighted by atomic mass is 9.64. The number of methoxy groups -OCH3 is 1. The van der Waals surface area contributed by atoms with Gasteiger partial charge in [-0.25, -0.2) is 0 Å². The molecule has 5 aliphatic heterocycles. The number of aromatic hydroxyl groups is 1. The number of nitrogens with one attached hydrogen (secondary N) is 1. The summed E-state index contributed by atoms with van der Waals surface area (Å²) in [6, 6.07) is 5.88. The lowest BCUT2D eigenvalue weighted by molar-refractivity contribution is -0.327. The van der Waals surface area contributed by atoms with Gasteiger partial charge in [-0.2, -0.15) is 4.99 Å². The summed E-state index contributed by atoms with van der Waals surface area (Å²) in [6.45, 7) is -0.596. The fraction of sp³-hybridized carbons (Fsp3) is 0.483. The quantitative estimate of drug-likeness (QED) is 0.133. The summed E-state index contributed by atoms with van der Waals surface area (Å²) in [4.78, 5) is 36.0. The Bertz CT molecular complexity index is 3040. The molecule has 0 spiro atoms. The molecule has 0 radical (unpaired) electrons. The number of benzene rings is 3. The Balaban J connectivity index is 1.02. The summed E-state index contributed by atoms with van der Waals surface area (Å²) in [5, 5.41) is 54.3. The van der Waals surface area contributed by atoms with Gasteiger partial charge in [0.2, 0.25) is 6.29 Å². The number of rotatable bonds is 6. The molecule has 3 fully saturated rings. The minimum absolute atomic E-state index is 0.0192. The highest BCUT2D eigenvalue weighted by atomic mass is 16.7. The molecule has 13 rings (SSSR count). The fourth-order valence-electron chi connectivity index (χ4n) is 14.0. The molecule has 9 atom stereocenters. The van der Waals surface area contributed by atoms with E-state index < -0.39 is 42.9 Å². The van der Waals surface area contributed by atoms with Gasteiger partial charge in [-0.05, 0) is 109 Å². The standard InChI is InChI=1S/C58H59N3O11/c1-68-53-37-17-16-33-23-32-9-6-13-35(32)47-46(33)48(37)50-52(65)49(47)43(63)27-61-26-41-31(8-5-14-36(41)56(61)66)10-7-21-69-55-51(64)45-28-70-44(20-18-38(53)54(50)72-57(71-45)58(55,67)29-62)40-25-60-42-19-15-30(22-39(40)42)24-59-34-11-3-2-4-12-34/h5,8,14-15,18-20,22,25,32-35,44-45,51,55,57,59,62,64,67H,2-4,6,9-13,16-17,23-24,26-29H2,1H3/p+1. The number of nitrogens with zero attached hydrogens (tertiary/aromatic N) is 2. The first-order chi connectivity index (χ1) is 35.1. The number of aliphatic hydroxyl groups excluding tert-OH is 2. The van der Waals surface area contributed by atoms with Crippen LogP contribution in [0.3, 0.4) is 0 Å². The summed E-state index contributed by atoms with van der Waals surface area (Å²) >= 11 is 0. The van der Waals surface area contributed by atoms with E-state index in [1.54, 1.807) is 30.4 Å². The molecule has 10 aliphatic rings. The molecular formula is C58H60N3O11+. The van der Waals surface area contributed by atoms with Crippen LogP contribution in [0.1, 0.15) is 130 Å². The second kappa shape index (κ2) is 17.9. The van der Waals surface area contributed by atoms with E-state index in [1.807, 2.05) is 24.3 Å². The topological polar surface area (TPSA) is 189 Å². The average Bonchev–Trinajstić information content (AvgIpc) is 4.13. The van der Waals surface area contributed by atoms with Crippen molar-refractivity contribution in [2.45, 2.75) is 138 Å². The van der Waals surface area contributed by atoms with Gasteiger partial charge in [0, 0.05) is 60.8 Å². The van der Waals surface area contributed by atoms with E-state index in [4.69, 9.17) is 28.7 Å². The van der Waals surface area contributed by atoms with Crippen LogP contribution in [0.15, 0.2) is 63.8 Å². The monoisotopic (exact) mass is 974 g/mol. The van der Waals surface area contributed by atoms with Gasteiger partial charge in [0.15, 0.2) is 23.2 Å². The first-order valence-electron chi connectivity index (χ1n) is 26.1. The van der Waals surface area contributed by atoms with Gasteiger partial charge in [-0.15, -0.1) is 0 Å². The molecule has 14 nitrogen and oxygen atoms in total. The van der Waals surface area contributed by atoms with E-state index in [2.05, 4.69) is 29.8 Å². The van der Waals surface area contributed by atoms with Crippen molar-refractivity contribution in [1.29, 1.82) is 0 Å². The summed E-state index contributed by atoms with van der Waals surface area (Å²) < 4.78 is 33.0. The van der Waals surface area contributed by atoms with Crippen LogP contribution in [0.25, 0.3) is 16.8 Å². The Labute approximate surface area is 418 Å². The number of hydrogen-bond acceptors (Lipinski definition) is 13. The Kier molecular flexibility index (Phi) is 11.4. The lowest BCUT2D eigenvalue weighted by Gasteiger charge is -2.48. The summed E-state index contributed by atoms with van der Waals surface area (Å²) in [7, 11) is 1.60. The van der Waals surface area contributed by atoms with Gasteiger partial charge < -0.3 is 54.3 Å². The SMILES string of the molecule is COc1c2c3c4c(O)c(c5c6c4c1CCC6CC1CCCC51)C(=O)CN1Cc4c(cccc4C1=O)CC#COC1C(O)C(COC(C4=C5[CH+]C(CNC6CCCCC6)=CC=C5N=C4)C=C2)OC(O3)C1(O)CO. The van der Waals surface area contributed by atoms with E-state index >= 15 is 4.79 Å². The largest absolute Gasteiger partial charge is 0.506 e. The molecule has 72 heavy (non-hydrogen) atoms. The number of hydrogen-bond donors (Lipinski definition) is 5. The third-order valence-electron chi connectivity index (χ3n) is 17.6. The number of Topliss-reactive ketones (excluding diaryl/α,β-unsaturated/α-hetero) is 1. The zero-order valence-corrected chi connectivity index (χ0v) is 40.5. The van der Waals surface area contributed by atoms with Crippen LogP contribution in [0.4, 0.5) is 0 Å². The molecule has 1 saturated heterocycles. The van der Waals surface area contributed by atoms with Crippen molar-refractivity contribution in [3.63, 3.8) is 0 Å². The minimum atomic E-state index is -2.45. The van der Waals surface area contributed by atoms with Gasteiger partial charge >= 0.3 is 0 Å². The van der Waals surface area contributed by atoms with Crippen molar-refractivity contribution in [3.8, 4) is 29.3 Å². The van der Waals surface area contributed by atoms with Gasteiger partial charge in [0.1, 0.15) is 47.2 Å². The first kappa shape index (κ1) is 45.9. The Morgan fingerprint density at radius 2 is 1.90 bits per heavy atom. The molecule has 8 bridgehead atoms. The van der Waals surface area contributed by atoms with Crippen LogP contribution < -0.4 is 14.8 Å². The number of phenolic OH excluding ortho intramolecular Hbond substituents is 1. The van der Waals surface area contributed by atoms with Crippen molar-refractivity contribution in [2.75, 3.05) is 33.4 Å². The van der Waals surface area contributed by atoms with Crippen LogP contribution in [0.2, 0.25) is 0 Å². The number of amides is 1. The molecule has 372 valence electrons. The molecule has 5 N–H and O–H groups in total. The van der Waals surface area contributed by atoms with Crippen LogP contribution >= 0.6 is 0 Å². The molecule has 0 aromatic heterocycles. The molecule has 3 aromatic carbocycles. The van der Waals surface area contributed by atoms with Crippen molar-refractivity contribution in [1.82, 2.24) is 10.2 Å². The molecular weight excluding hydrogens is 915 g/mol. The molecule has 2 saturated carbocycles. The molecule has 3 aromatic rings. The highest BCUT2D eigenvalue weighted by Gasteiger charge is 2.59. The summed E-state index contributed by atoms with van der Waals surface area (Å²) in [5.74, 6) is 3.01. The van der Waals surface area contributed by atoms with Crippen LogP contribution in [-0.4, -0.2) is 119 Å². The van der Waals surface area contributed by atoms with Crippen LogP contribution in [-0.2, 0) is 33.6 Å². The zero-order chi connectivity index (χ0) is 49.0. The highest BCUT2D eigenvalue weighted by molar-refractivity contribution is 6.14. The number of carbonyl (C=O) groups excluding carboxylic acids is 2. The van der Waals surface area contributed by atoms with Gasteiger partial charge in [-0.3, -0.25) is 9.59 Å². The molecule has 5 aliphatic carbocycles. The smallest absolute Gasteiger partial charge is 0.254 e. The van der Waals surface area contributed by atoms with E-state index in [1.165, 1.54) is 19.3 Å². The number of carbonyl (C=O) groups is 2. The summed E-state index contributed by atoms with van der Waals surface area (Å²) in [6.07, 6.45) is 18.9. The fourth-order valence-corrected chi connectivity index (χ4v) is 14.0. The van der Waals surface area contributed by atoms with Crippen LogP contribution in [0.5, 0.6) is 17.2 Å². The van der Waals surface area contributed by atoms with Crippen molar-refractivity contribution >= 4 is 34.8 Å². The minimum Gasteiger partial charge on any atom is -0.506 e. The average molecular weight is 975 g/mol. The maximum Gasteiger partial charge on any atom is 0.254 e. The van der Waals surface area contributed by atoms with E-state index in [-0.39, 0.29) is 72.1 Å². The Hall–Kier alpha value is -5.92. The normalized spacial score (nSPS) is 31.2. The van der Waals surface area contributed by atoms with E-state index in [0.29, 0.717) is 41.8 Å². The zero-order valence-electron chi connectivity index (χ0n) is 40.5. The van der Waals surface area contributed by atoms with Crippen molar-refractivity contribution in [3.05, 3.63) is 110 Å². The highest BCUT2D eigenvalue weighted by Crippen LogP contribution is 2.62. The number of aliphatic hydroxyl groups is 3. The lowest BCUT2D eigenvalue weighted by Crippen LogP contribution is -2.70. The van der Waals surface area contributed by atoms with Gasteiger partial charge in [-0.1, -0.05) is 43.7 Å². The molecule has 5 heterocycles. The number of aliphatic imine (C=N–C) groups is 1. The Morgan fingerprint density at radius 1 is 1.03 bits per heavy atom. The van der Waals surface area contributed by atoms with Gasteiger partial charge in [0.25, 0.3) is 5.91 Å². The van der Waals surface area contributed by atoms with Crippen LogP contribution in [0, 0.1) is 24.4 Å². The predicted molar refractivity (Wildman–Crippen MR) is 267 cm³/mol. The second-order valence-corrected chi connectivity index (χ2v) is 21.5. The number of fused-ring (bicyclic) bond motifs is 8. The van der Waals surface area contributed by atoms with Crippen molar-refractivity contribution in [2.24, 2.45) is 10.9 Å². The van der Waals surface area contributed by atoms with E-state index in [0.717, 1.165) is 101 Å².